The first kappa shape index (κ1) is 19.0. The number of likely N-dealkylation sites (tertiary alicyclic amines) is 1. The van der Waals surface area contributed by atoms with E-state index in [0.717, 1.165) is 16.9 Å². The van der Waals surface area contributed by atoms with Gasteiger partial charge < -0.3 is 14.4 Å². The fourth-order valence-corrected chi connectivity index (χ4v) is 3.83. The third-order valence-corrected chi connectivity index (χ3v) is 5.44. The highest BCUT2D eigenvalue weighted by Gasteiger charge is 2.39. The summed E-state index contributed by atoms with van der Waals surface area (Å²) >= 11 is 0. The zero-order chi connectivity index (χ0) is 20.4. The van der Waals surface area contributed by atoms with Crippen molar-refractivity contribution in [1.29, 1.82) is 0 Å². The normalized spacial score (nSPS) is 17.4. The first-order chi connectivity index (χ1) is 14.1. The minimum atomic E-state index is -0.576. The van der Waals surface area contributed by atoms with Gasteiger partial charge in [0.05, 0.1) is 7.11 Å². The molecule has 2 saturated heterocycles. The molecule has 0 saturated carbocycles. The number of hydrogen-bond donors (Lipinski definition) is 0. The van der Waals surface area contributed by atoms with Crippen LogP contribution in [0.5, 0.6) is 5.75 Å². The molecule has 2 aromatic carbocycles. The lowest BCUT2D eigenvalue weighted by Gasteiger charge is -2.34. The number of carbonyl (C=O) groups excluding carboxylic acids is 3. The number of rotatable bonds is 4. The number of benzene rings is 2. The van der Waals surface area contributed by atoms with Crippen LogP contribution in [0.2, 0.25) is 0 Å². The van der Waals surface area contributed by atoms with Gasteiger partial charge in [0.1, 0.15) is 5.75 Å². The van der Waals surface area contributed by atoms with Gasteiger partial charge in [0, 0.05) is 24.7 Å². The summed E-state index contributed by atoms with van der Waals surface area (Å²) in [6, 6.07) is 15.1. The van der Waals surface area contributed by atoms with E-state index in [1.807, 2.05) is 48.5 Å². The third-order valence-electron chi connectivity index (χ3n) is 5.44. The summed E-state index contributed by atoms with van der Waals surface area (Å²) in [5, 5.41) is 0. The number of nitrogens with zero attached hydrogens (tertiary/aromatic N) is 2. The molecule has 0 aromatic heterocycles. The Morgan fingerprint density at radius 2 is 1.76 bits per heavy atom. The fourth-order valence-electron chi connectivity index (χ4n) is 3.83. The maximum atomic E-state index is 12.8. The maximum absolute atomic E-state index is 12.8. The van der Waals surface area contributed by atoms with Crippen LogP contribution in [0.25, 0.3) is 11.1 Å². The monoisotopic (exact) mass is 394 g/mol. The number of amides is 3. The molecule has 3 amide bonds. The summed E-state index contributed by atoms with van der Waals surface area (Å²) in [5.74, 6) is 0.440. The molecule has 150 valence electrons. The molecule has 2 fully saturated rings. The summed E-state index contributed by atoms with van der Waals surface area (Å²) in [6.07, 6.45) is 0.552. The molecule has 7 heteroatoms. The number of cyclic esters (lactones) is 1. The van der Waals surface area contributed by atoms with Crippen molar-refractivity contribution in [1.82, 2.24) is 9.80 Å². The van der Waals surface area contributed by atoms with Crippen LogP contribution in [-0.4, -0.2) is 60.6 Å². The Bertz CT molecular complexity index is 916. The lowest BCUT2D eigenvalue weighted by atomic mass is 10.0. The van der Waals surface area contributed by atoms with E-state index in [2.05, 4.69) is 0 Å². The Hall–Kier alpha value is -3.35. The van der Waals surface area contributed by atoms with Crippen LogP contribution >= 0.6 is 0 Å². The van der Waals surface area contributed by atoms with Crippen molar-refractivity contribution in [3.8, 4) is 16.9 Å². The lowest BCUT2D eigenvalue weighted by molar-refractivity contribution is -0.127. The zero-order valence-corrected chi connectivity index (χ0v) is 16.2. The quantitative estimate of drug-likeness (QED) is 0.797. The topological polar surface area (TPSA) is 76.2 Å². The molecular weight excluding hydrogens is 372 g/mol. The predicted molar refractivity (Wildman–Crippen MR) is 106 cm³/mol. The highest BCUT2D eigenvalue weighted by atomic mass is 16.6. The molecule has 2 aliphatic rings. The highest BCUT2D eigenvalue weighted by molar-refractivity contribution is 5.98. The average molecular weight is 394 g/mol. The van der Waals surface area contributed by atoms with Gasteiger partial charge in [-0.15, -0.1) is 0 Å². The second-order valence-corrected chi connectivity index (χ2v) is 7.15. The molecule has 0 radical (unpaired) electrons. The van der Waals surface area contributed by atoms with Crippen LogP contribution in [0.1, 0.15) is 23.2 Å². The number of imide groups is 1. The van der Waals surface area contributed by atoms with Crippen molar-refractivity contribution >= 4 is 17.9 Å². The first-order valence-electron chi connectivity index (χ1n) is 9.59. The molecule has 0 spiro atoms. The van der Waals surface area contributed by atoms with E-state index < -0.39 is 6.09 Å². The predicted octanol–water partition coefficient (Wildman–Crippen LogP) is 2.95. The molecule has 0 aliphatic carbocycles. The standard InChI is InChI=1S/C22H22N2O5/c1-28-19-4-2-3-17(13-19)15-5-7-16(8-6-15)21(26)23-11-9-18(10-12-23)24-20(25)14-29-22(24)27/h2-8,13,18H,9-12,14H2,1H3. The number of piperidine rings is 1. The van der Waals surface area contributed by atoms with Crippen LogP contribution < -0.4 is 4.74 Å². The molecule has 0 unspecified atom stereocenters. The van der Waals surface area contributed by atoms with Gasteiger partial charge in [-0.3, -0.25) is 9.59 Å². The molecule has 2 aromatic rings. The van der Waals surface area contributed by atoms with Gasteiger partial charge in [0.15, 0.2) is 6.61 Å². The molecule has 4 rings (SSSR count). The summed E-state index contributed by atoms with van der Waals surface area (Å²) in [5.41, 5.74) is 2.64. The fraction of sp³-hybridized carbons (Fsp3) is 0.318. The van der Waals surface area contributed by atoms with Gasteiger partial charge in [0.2, 0.25) is 0 Å². The zero-order valence-electron chi connectivity index (χ0n) is 16.2. The Morgan fingerprint density at radius 3 is 2.38 bits per heavy atom. The van der Waals surface area contributed by atoms with E-state index in [1.165, 1.54) is 4.90 Å². The number of methoxy groups -OCH3 is 1. The molecule has 29 heavy (non-hydrogen) atoms. The van der Waals surface area contributed by atoms with E-state index in [0.29, 0.717) is 31.5 Å². The Balaban J connectivity index is 1.40. The number of carbonyl (C=O) groups is 3. The van der Waals surface area contributed by atoms with E-state index in [4.69, 9.17) is 9.47 Å². The highest BCUT2D eigenvalue weighted by Crippen LogP contribution is 2.25. The van der Waals surface area contributed by atoms with Crippen molar-refractivity contribution < 1.29 is 23.9 Å². The van der Waals surface area contributed by atoms with Crippen molar-refractivity contribution in [2.75, 3.05) is 26.8 Å². The SMILES string of the molecule is COc1cccc(-c2ccc(C(=O)N3CCC(N4C(=O)COC4=O)CC3)cc2)c1. The van der Waals surface area contributed by atoms with Crippen LogP contribution in [0.15, 0.2) is 48.5 Å². The first-order valence-corrected chi connectivity index (χ1v) is 9.59. The molecule has 0 N–H and O–H groups in total. The van der Waals surface area contributed by atoms with Gasteiger partial charge in [-0.05, 0) is 48.2 Å². The largest absolute Gasteiger partial charge is 0.497 e. The van der Waals surface area contributed by atoms with Gasteiger partial charge in [-0.2, -0.15) is 0 Å². The number of ether oxygens (including phenoxy) is 2. The molecule has 0 atom stereocenters. The Morgan fingerprint density at radius 1 is 1.03 bits per heavy atom. The minimum absolute atomic E-state index is 0.0454. The molecule has 0 bridgehead atoms. The van der Waals surface area contributed by atoms with Crippen molar-refractivity contribution in [3.05, 3.63) is 54.1 Å². The average Bonchev–Trinajstić information content (AvgIpc) is 3.11. The van der Waals surface area contributed by atoms with Gasteiger partial charge in [-0.25, -0.2) is 9.69 Å². The molecule has 2 heterocycles. The van der Waals surface area contributed by atoms with Gasteiger partial charge in [-0.1, -0.05) is 24.3 Å². The Labute approximate surface area is 168 Å². The summed E-state index contributed by atoms with van der Waals surface area (Å²) in [6.45, 7) is 0.813. The molecular formula is C22H22N2O5. The van der Waals surface area contributed by atoms with Gasteiger partial charge in [0.25, 0.3) is 11.8 Å². The second kappa shape index (κ2) is 7.95. The van der Waals surface area contributed by atoms with Crippen LogP contribution in [-0.2, 0) is 9.53 Å². The second-order valence-electron chi connectivity index (χ2n) is 7.15. The lowest BCUT2D eigenvalue weighted by Crippen LogP contribution is -2.48. The van der Waals surface area contributed by atoms with E-state index in [-0.39, 0.29) is 24.5 Å². The van der Waals surface area contributed by atoms with Crippen molar-refractivity contribution in [2.45, 2.75) is 18.9 Å². The smallest absolute Gasteiger partial charge is 0.417 e. The maximum Gasteiger partial charge on any atom is 0.417 e. The van der Waals surface area contributed by atoms with Gasteiger partial charge >= 0.3 is 6.09 Å². The molecule has 7 nitrogen and oxygen atoms in total. The third kappa shape index (κ3) is 3.81. The summed E-state index contributed by atoms with van der Waals surface area (Å²) in [4.78, 5) is 39.3. The van der Waals surface area contributed by atoms with Crippen LogP contribution in [0, 0.1) is 0 Å². The van der Waals surface area contributed by atoms with Crippen molar-refractivity contribution in [2.24, 2.45) is 0 Å². The van der Waals surface area contributed by atoms with Crippen LogP contribution in [0.4, 0.5) is 4.79 Å². The van der Waals surface area contributed by atoms with E-state index in [1.54, 1.807) is 12.0 Å². The number of hydrogen-bond acceptors (Lipinski definition) is 5. The summed E-state index contributed by atoms with van der Waals surface area (Å²) < 4.78 is 10.0. The minimum Gasteiger partial charge on any atom is -0.497 e. The van der Waals surface area contributed by atoms with Crippen molar-refractivity contribution in [3.63, 3.8) is 0 Å². The Kier molecular flexibility index (Phi) is 5.20. The molecule has 2 aliphatic heterocycles. The van der Waals surface area contributed by atoms with Crippen LogP contribution in [0.3, 0.4) is 0 Å². The van der Waals surface area contributed by atoms with E-state index in [9.17, 15) is 14.4 Å². The summed E-state index contributed by atoms with van der Waals surface area (Å²) in [7, 11) is 1.63. The van der Waals surface area contributed by atoms with E-state index >= 15 is 0 Å².